The van der Waals surface area contributed by atoms with E-state index in [4.69, 9.17) is 4.74 Å². The molecule has 1 fully saturated rings. The number of fused-ring (bicyclic) bond motifs is 1. The zero-order valence-corrected chi connectivity index (χ0v) is 17.5. The van der Waals surface area contributed by atoms with Gasteiger partial charge in [-0.25, -0.2) is 4.98 Å². The number of nitrogens with zero attached hydrogens (tertiary/aromatic N) is 2. The Hall–Kier alpha value is -1.38. The SMILES string of the molecule is Cc1sc2nc(CSC(C)C(=O)N3CCOC(C)(C)C3)[nH]c(=O)c2c1C. The minimum absolute atomic E-state index is 0.0960. The molecule has 0 spiro atoms. The average Bonchev–Trinajstić information content (AvgIpc) is 2.85. The molecule has 2 aromatic rings. The Labute approximate surface area is 161 Å². The van der Waals surface area contributed by atoms with E-state index in [2.05, 4.69) is 9.97 Å². The van der Waals surface area contributed by atoms with Gasteiger partial charge in [0.15, 0.2) is 0 Å². The highest BCUT2D eigenvalue weighted by Gasteiger charge is 2.32. The number of hydrogen-bond donors (Lipinski definition) is 1. The summed E-state index contributed by atoms with van der Waals surface area (Å²) in [7, 11) is 0. The van der Waals surface area contributed by atoms with Crippen LogP contribution in [0.15, 0.2) is 4.79 Å². The lowest BCUT2D eigenvalue weighted by atomic mass is 10.1. The zero-order valence-electron chi connectivity index (χ0n) is 15.8. The van der Waals surface area contributed by atoms with E-state index in [1.165, 1.54) is 11.8 Å². The fraction of sp³-hybridized carbons (Fsp3) is 0.611. The Kier molecular flexibility index (Phi) is 5.46. The molecule has 0 aromatic carbocycles. The summed E-state index contributed by atoms with van der Waals surface area (Å²) in [5, 5.41) is 0.484. The molecule has 0 aliphatic carbocycles. The van der Waals surface area contributed by atoms with Gasteiger partial charge in [0.2, 0.25) is 5.91 Å². The van der Waals surface area contributed by atoms with Crippen molar-refractivity contribution >= 4 is 39.2 Å². The standard InChI is InChI=1S/C18H25N3O3S2/c1-10-11(2)26-16-14(10)15(22)19-13(20-16)8-25-12(3)17(23)21-6-7-24-18(4,5)9-21/h12H,6-9H2,1-5H3,(H,19,20,22). The van der Waals surface area contributed by atoms with Gasteiger partial charge in [0.25, 0.3) is 5.56 Å². The molecular weight excluding hydrogens is 370 g/mol. The first kappa shape index (κ1) is 19.4. The second kappa shape index (κ2) is 7.32. The number of rotatable bonds is 4. The Morgan fingerprint density at radius 1 is 1.46 bits per heavy atom. The molecule has 1 aliphatic rings. The molecule has 3 rings (SSSR count). The van der Waals surface area contributed by atoms with Crippen molar-refractivity contribution in [1.82, 2.24) is 14.9 Å². The van der Waals surface area contributed by atoms with Gasteiger partial charge < -0.3 is 14.6 Å². The number of morpholine rings is 1. The number of carbonyl (C=O) groups is 1. The number of H-pyrrole nitrogens is 1. The first-order chi connectivity index (χ1) is 12.2. The van der Waals surface area contributed by atoms with Crippen LogP contribution in [0.25, 0.3) is 10.2 Å². The van der Waals surface area contributed by atoms with Gasteiger partial charge in [0.05, 0.1) is 28.6 Å². The van der Waals surface area contributed by atoms with E-state index < -0.39 is 0 Å². The summed E-state index contributed by atoms with van der Waals surface area (Å²) < 4.78 is 5.67. The minimum atomic E-state index is -0.301. The molecule has 1 aliphatic heterocycles. The Balaban J connectivity index is 1.67. The summed E-state index contributed by atoms with van der Waals surface area (Å²) in [4.78, 5) is 36.2. The highest BCUT2D eigenvalue weighted by atomic mass is 32.2. The molecule has 1 N–H and O–H groups in total. The maximum Gasteiger partial charge on any atom is 0.259 e. The van der Waals surface area contributed by atoms with E-state index in [0.717, 1.165) is 15.3 Å². The van der Waals surface area contributed by atoms with Crippen LogP contribution in [0, 0.1) is 13.8 Å². The van der Waals surface area contributed by atoms with Crippen molar-refractivity contribution in [2.45, 2.75) is 51.2 Å². The molecule has 1 saturated heterocycles. The van der Waals surface area contributed by atoms with Crippen molar-refractivity contribution in [3.05, 3.63) is 26.6 Å². The van der Waals surface area contributed by atoms with E-state index >= 15 is 0 Å². The van der Waals surface area contributed by atoms with E-state index in [1.807, 2.05) is 39.5 Å². The van der Waals surface area contributed by atoms with E-state index in [1.54, 1.807) is 11.3 Å². The molecule has 2 aromatic heterocycles. The number of thiophene rings is 1. The summed E-state index contributed by atoms with van der Waals surface area (Å²) in [6.45, 7) is 11.7. The van der Waals surface area contributed by atoms with Crippen molar-refractivity contribution in [1.29, 1.82) is 0 Å². The lowest BCUT2D eigenvalue weighted by Crippen LogP contribution is -2.52. The molecule has 1 unspecified atom stereocenters. The van der Waals surface area contributed by atoms with Crippen molar-refractivity contribution in [2.24, 2.45) is 0 Å². The van der Waals surface area contributed by atoms with Crippen LogP contribution in [0.4, 0.5) is 0 Å². The van der Waals surface area contributed by atoms with Gasteiger partial charge in [-0.1, -0.05) is 0 Å². The van der Waals surface area contributed by atoms with Gasteiger partial charge >= 0.3 is 0 Å². The molecule has 0 bridgehead atoms. The molecule has 0 radical (unpaired) electrons. The summed E-state index contributed by atoms with van der Waals surface area (Å²) in [6.07, 6.45) is 0. The summed E-state index contributed by atoms with van der Waals surface area (Å²) >= 11 is 3.04. The van der Waals surface area contributed by atoms with Crippen molar-refractivity contribution < 1.29 is 9.53 Å². The van der Waals surface area contributed by atoms with E-state index in [0.29, 0.717) is 36.7 Å². The number of thioether (sulfide) groups is 1. The maximum atomic E-state index is 12.7. The first-order valence-corrected chi connectivity index (χ1v) is 10.6. The second-order valence-electron chi connectivity index (χ2n) is 7.30. The molecule has 1 amide bonds. The van der Waals surface area contributed by atoms with E-state index in [9.17, 15) is 9.59 Å². The zero-order chi connectivity index (χ0) is 19.1. The largest absolute Gasteiger partial charge is 0.372 e. The monoisotopic (exact) mass is 395 g/mol. The molecule has 6 nitrogen and oxygen atoms in total. The number of nitrogens with one attached hydrogen (secondary N) is 1. The summed E-state index contributed by atoms with van der Waals surface area (Å²) in [6, 6.07) is 0. The second-order valence-corrected chi connectivity index (χ2v) is 9.83. The van der Waals surface area contributed by atoms with Crippen LogP contribution >= 0.6 is 23.1 Å². The lowest BCUT2D eigenvalue weighted by Gasteiger charge is -2.39. The quantitative estimate of drug-likeness (QED) is 0.862. The lowest BCUT2D eigenvalue weighted by molar-refractivity contribution is -0.145. The number of amides is 1. The number of aromatic nitrogens is 2. The smallest absolute Gasteiger partial charge is 0.259 e. The summed E-state index contributed by atoms with van der Waals surface area (Å²) in [5.41, 5.74) is 0.600. The molecule has 1 atom stereocenters. The van der Waals surface area contributed by atoms with Crippen LogP contribution < -0.4 is 5.56 Å². The van der Waals surface area contributed by atoms with Gasteiger partial charge in [-0.15, -0.1) is 23.1 Å². The topological polar surface area (TPSA) is 75.3 Å². The van der Waals surface area contributed by atoms with Crippen LogP contribution in [0.1, 0.15) is 37.0 Å². The fourth-order valence-electron chi connectivity index (χ4n) is 3.10. The average molecular weight is 396 g/mol. The highest BCUT2D eigenvalue weighted by molar-refractivity contribution is 7.99. The van der Waals surface area contributed by atoms with Crippen molar-refractivity contribution in [3.8, 4) is 0 Å². The van der Waals surface area contributed by atoms with Gasteiger partial charge in [-0.05, 0) is 40.2 Å². The number of aryl methyl sites for hydroxylation is 2. The predicted octanol–water partition coefficient (Wildman–Crippen LogP) is 2.86. The van der Waals surface area contributed by atoms with Crippen LogP contribution in [-0.4, -0.2) is 51.3 Å². The van der Waals surface area contributed by atoms with Gasteiger partial charge in [0, 0.05) is 18.0 Å². The third-order valence-electron chi connectivity index (χ3n) is 4.64. The minimum Gasteiger partial charge on any atom is -0.372 e. The van der Waals surface area contributed by atoms with Gasteiger partial charge in [-0.3, -0.25) is 9.59 Å². The normalized spacial score (nSPS) is 18.3. The number of ether oxygens (including phenoxy) is 1. The van der Waals surface area contributed by atoms with Crippen LogP contribution in [0.5, 0.6) is 0 Å². The van der Waals surface area contributed by atoms with Gasteiger partial charge in [-0.2, -0.15) is 0 Å². The third-order valence-corrected chi connectivity index (χ3v) is 6.89. The molecule has 3 heterocycles. The van der Waals surface area contributed by atoms with Crippen molar-refractivity contribution in [3.63, 3.8) is 0 Å². The molecule has 0 saturated carbocycles. The third kappa shape index (κ3) is 3.97. The number of aromatic amines is 1. The molecular formula is C18H25N3O3S2. The summed E-state index contributed by atoms with van der Waals surface area (Å²) in [5.74, 6) is 1.23. The van der Waals surface area contributed by atoms with E-state index in [-0.39, 0.29) is 22.3 Å². The fourth-order valence-corrected chi connectivity index (χ4v) is 4.99. The van der Waals surface area contributed by atoms with Gasteiger partial charge in [0.1, 0.15) is 10.7 Å². The number of carbonyl (C=O) groups excluding carboxylic acids is 1. The Bertz CT molecular complexity index is 888. The first-order valence-electron chi connectivity index (χ1n) is 8.71. The van der Waals surface area contributed by atoms with Crippen LogP contribution in [0.3, 0.4) is 0 Å². The highest BCUT2D eigenvalue weighted by Crippen LogP contribution is 2.27. The van der Waals surface area contributed by atoms with Crippen LogP contribution in [0.2, 0.25) is 0 Å². The Morgan fingerprint density at radius 2 is 2.19 bits per heavy atom. The molecule has 26 heavy (non-hydrogen) atoms. The number of hydrogen-bond acceptors (Lipinski definition) is 6. The molecule has 8 heteroatoms. The maximum absolute atomic E-state index is 12.7. The Morgan fingerprint density at radius 3 is 2.88 bits per heavy atom. The molecule has 142 valence electrons. The predicted molar refractivity (Wildman–Crippen MR) is 107 cm³/mol. The van der Waals surface area contributed by atoms with Crippen molar-refractivity contribution in [2.75, 3.05) is 19.7 Å². The van der Waals surface area contributed by atoms with Crippen LogP contribution in [-0.2, 0) is 15.3 Å².